The van der Waals surface area contributed by atoms with Crippen LogP contribution in [0.5, 0.6) is 0 Å². The van der Waals surface area contributed by atoms with E-state index in [4.69, 9.17) is 16.3 Å². The standard InChI is InChI=1S/C10H10N4S/c11-4-7-9(13)8(5-12)15-10(7)14-6-2-1-3-6/h6,14H,1-3,13H2. The van der Waals surface area contributed by atoms with Gasteiger partial charge in [0, 0.05) is 6.04 Å². The van der Waals surface area contributed by atoms with E-state index in [0.717, 1.165) is 17.8 Å². The number of anilines is 2. The number of rotatable bonds is 2. The van der Waals surface area contributed by atoms with Gasteiger partial charge in [-0.1, -0.05) is 0 Å². The lowest BCUT2D eigenvalue weighted by Gasteiger charge is -2.26. The highest BCUT2D eigenvalue weighted by molar-refractivity contribution is 7.17. The molecule has 0 aromatic carbocycles. The predicted molar refractivity (Wildman–Crippen MR) is 59.4 cm³/mol. The van der Waals surface area contributed by atoms with E-state index in [9.17, 15) is 0 Å². The van der Waals surface area contributed by atoms with Crippen molar-refractivity contribution in [2.24, 2.45) is 0 Å². The molecule has 0 radical (unpaired) electrons. The predicted octanol–water partition coefficient (Wildman–Crippen LogP) is 2.04. The highest BCUT2D eigenvalue weighted by Crippen LogP contribution is 2.36. The fourth-order valence-electron chi connectivity index (χ4n) is 1.48. The van der Waals surface area contributed by atoms with Crippen LogP contribution in [0.1, 0.15) is 29.7 Å². The Morgan fingerprint density at radius 3 is 2.53 bits per heavy atom. The van der Waals surface area contributed by atoms with Gasteiger partial charge in [-0.15, -0.1) is 11.3 Å². The molecule has 0 saturated heterocycles. The molecule has 1 saturated carbocycles. The second-order valence-electron chi connectivity index (χ2n) is 3.54. The molecule has 2 rings (SSSR count). The van der Waals surface area contributed by atoms with Crippen LogP contribution in [0.4, 0.5) is 10.7 Å². The van der Waals surface area contributed by atoms with Crippen molar-refractivity contribution in [2.45, 2.75) is 25.3 Å². The maximum absolute atomic E-state index is 8.94. The van der Waals surface area contributed by atoms with Gasteiger partial charge in [0.1, 0.15) is 27.6 Å². The molecular formula is C10H10N4S. The number of hydrogen-bond acceptors (Lipinski definition) is 5. The highest BCUT2D eigenvalue weighted by atomic mass is 32.1. The Morgan fingerprint density at radius 2 is 2.07 bits per heavy atom. The number of hydrogen-bond donors (Lipinski definition) is 2. The number of nitriles is 2. The quantitative estimate of drug-likeness (QED) is 0.795. The number of nitrogen functional groups attached to an aromatic ring is 1. The average molecular weight is 218 g/mol. The zero-order chi connectivity index (χ0) is 10.8. The molecule has 0 bridgehead atoms. The van der Waals surface area contributed by atoms with E-state index in [-0.39, 0.29) is 0 Å². The van der Waals surface area contributed by atoms with Crippen molar-refractivity contribution in [3.63, 3.8) is 0 Å². The topological polar surface area (TPSA) is 85.6 Å². The molecule has 0 aliphatic heterocycles. The number of nitrogens with zero attached hydrogens (tertiary/aromatic N) is 2. The minimum absolute atomic E-state index is 0.312. The van der Waals surface area contributed by atoms with E-state index >= 15 is 0 Å². The van der Waals surface area contributed by atoms with Gasteiger partial charge < -0.3 is 11.1 Å². The zero-order valence-corrected chi connectivity index (χ0v) is 8.90. The molecule has 1 aromatic heterocycles. The van der Waals surface area contributed by atoms with E-state index in [1.807, 2.05) is 12.1 Å². The molecule has 1 aromatic rings. The van der Waals surface area contributed by atoms with Crippen molar-refractivity contribution in [2.75, 3.05) is 11.1 Å². The fraction of sp³-hybridized carbons (Fsp3) is 0.400. The Morgan fingerprint density at radius 1 is 1.33 bits per heavy atom. The summed E-state index contributed by atoms with van der Waals surface area (Å²) < 4.78 is 0. The van der Waals surface area contributed by atoms with Crippen LogP contribution in [0.2, 0.25) is 0 Å². The second-order valence-corrected chi connectivity index (χ2v) is 4.57. The molecule has 1 aliphatic rings. The van der Waals surface area contributed by atoms with E-state index < -0.39 is 0 Å². The van der Waals surface area contributed by atoms with Gasteiger partial charge in [-0.3, -0.25) is 0 Å². The molecule has 1 heterocycles. The first-order valence-electron chi connectivity index (χ1n) is 4.75. The van der Waals surface area contributed by atoms with E-state index in [1.54, 1.807) is 0 Å². The summed E-state index contributed by atoms with van der Waals surface area (Å²) in [6.07, 6.45) is 3.49. The van der Waals surface area contributed by atoms with Crippen molar-refractivity contribution in [1.82, 2.24) is 0 Å². The zero-order valence-electron chi connectivity index (χ0n) is 8.08. The smallest absolute Gasteiger partial charge is 0.131 e. The lowest BCUT2D eigenvalue weighted by Crippen LogP contribution is -2.26. The van der Waals surface area contributed by atoms with E-state index in [2.05, 4.69) is 5.32 Å². The van der Waals surface area contributed by atoms with Crippen molar-refractivity contribution in [3.8, 4) is 12.1 Å². The summed E-state index contributed by atoms with van der Waals surface area (Å²) in [5, 5.41) is 21.7. The number of thiophene rings is 1. The molecule has 0 atom stereocenters. The second kappa shape index (κ2) is 3.80. The highest BCUT2D eigenvalue weighted by Gasteiger charge is 2.22. The minimum Gasteiger partial charge on any atom is -0.396 e. The average Bonchev–Trinajstić information content (AvgIpc) is 2.48. The summed E-state index contributed by atoms with van der Waals surface area (Å²) in [5.41, 5.74) is 6.42. The molecule has 76 valence electrons. The molecule has 1 fully saturated rings. The third-order valence-corrected chi connectivity index (χ3v) is 3.64. The summed E-state index contributed by atoms with van der Waals surface area (Å²) >= 11 is 1.27. The largest absolute Gasteiger partial charge is 0.396 e. The Hall–Kier alpha value is -1.72. The molecule has 5 heteroatoms. The van der Waals surface area contributed by atoms with Gasteiger partial charge in [-0.2, -0.15) is 10.5 Å². The monoisotopic (exact) mass is 218 g/mol. The Bertz CT molecular complexity index is 459. The van der Waals surface area contributed by atoms with E-state index in [1.165, 1.54) is 17.8 Å². The minimum atomic E-state index is 0.312. The lowest BCUT2D eigenvalue weighted by molar-refractivity contribution is 0.446. The SMILES string of the molecule is N#Cc1sc(NC2CCC2)c(C#N)c1N. The van der Waals surface area contributed by atoms with Crippen LogP contribution in [-0.4, -0.2) is 6.04 Å². The van der Waals surface area contributed by atoms with Crippen LogP contribution >= 0.6 is 11.3 Å². The van der Waals surface area contributed by atoms with Gasteiger partial charge in [0.25, 0.3) is 0 Å². The summed E-state index contributed by atoms with van der Waals surface area (Å²) in [5.74, 6) is 0. The normalized spacial score (nSPS) is 15.1. The van der Waals surface area contributed by atoms with Crippen LogP contribution in [0.25, 0.3) is 0 Å². The number of nitrogens with one attached hydrogen (secondary N) is 1. The van der Waals surface area contributed by atoms with Crippen LogP contribution in [0.3, 0.4) is 0 Å². The van der Waals surface area contributed by atoms with Crippen LogP contribution in [0, 0.1) is 22.7 Å². The maximum Gasteiger partial charge on any atom is 0.131 e. The van der Waals surface area contributed by atoms with Crippen molar-refractivity contribution in [1.29, 1.82) is 10.5 Å². The maximum atomic E-state index is 8.94. The first-order chi connectivity index (χ1) is 7.26. The summed E-state index contributed by atoms with van der Waals surface area (Å²) in [6, 6.07) is 4.49. The van der Waals surface area contributed by atoms with Gasteiger partial charge in [0.15, 0.2) is 0 Å². The first-order valence-corrected chi connectivity index (χ1v) is 5.57. The van der Waals surface area contributed by atoms with Gasteiger partial charge in [-0.05, 0) is 19.3 Å². The molecule has 15 heavy (non-hydrogen) atoms. The van der Waals surface area contributed by atoms with Crippen molar-refractivity contribution in [3.05, 3.63) is 10.4 Å². The van der Waals surface area contributed by atoms with Crippen molar-refractivity contribution < 1.29 is 0 Å². The Kier molecular flexibility index (Phi) is 2.49. The molecule has 4 nitrogen and oxygen atoms in total. The molecule has 0 spiro atoms. The Labute approximate surface area is 91.9 Å². The third kappa shape index (κ3) is 1.62. The number of nitrogens with two attached hydrogens (primary N) is 1. The van der Waals surface area contributed by atoms with Crippen molar-refractivity contribution >= 4 is 22.0 Å². The van der Waals surface area contributed by atoms with Gasteiger partial charge in [0.05, 0.1) is 5.69 Å². The molecule has 0 amide bonds. The van der Waals surface area contributed by atoms with Gasteiger partial charge in [-0.25, -0.2) is 0 Å². The third-order valence-electron chi connectivity index (χ3n) is 2.60. The molecule has 1 aliphatic carbocycles. The molecule has 3 N–H and O–H groups in total. The fourth-order valence-corrected chi connectivity index (χ4v) is 2.42. The van der Waals surface area contributed by atoms with Crippen LogP contribution in [0.15, 0.2) is 0 Å². The first kappa shape index (κ1) is 9.82. The summed E-state index contributed by atoms with van der Waals surface area (Å²) in [6.45, 7) is 0. The van der Waals surface area contributed by atoms with Crippen LogP contribution in [-0.2, 0) is 0 Å². The summed E-state index contributed by atoms with van der Waals surface area (Å²) in [7, 11) is 0. The summed E-state index contributed by atoms with van der Waals surface area (Å²) in [4.78, 5) is 0.424. The van der Waals surface area contributed by atoms with E-state index in [0.29, 0.717) is 22.2 Å². The van der Waals surface area contributed by atoms with Crippen LogP contribution < -0.4 is 11.1 Å². The molecular weight excluding hydrogens is 208 g/mol. The van der Waals surface area contributed by atoms with Gasteiger partial charge in [0.2, 0.25) is 0 Å². The lowest BCUT2D eigenvalue weighted by atomic mass is 9.93. The Balaban J connectivity index is 2.30. The molecule has 0 unspecified atom stereocenters. The van der Waals surface area contributed by atoms with Gasteiger partial charge >= 0.3 is 0 Å².